The summed E-state index contributed by atoms with van der Waals surface area (Å²) in [5.74, 6) is -0.0459. The number of anilines is 1. The molecule has 0 amide bonds. The molecule has 0 saturated carbocycles. The Morgan fingerprint density at radius 1 is 1.33 bits per heavy atom. The van der Waals surface area contributed by atoms with Gasteiger partial charge in [-0.25, -0.2) is 9.07 Å². The average molecular weight is 313 g/mol. The molecule has 0 unspecified atom stereocenters. The number of rotatable bonds is 1. The Balaban J connectivity index is 2.69. The first-order valence-electron chi connectivity index (χ1n) is 5.48. The highest BCUT2D eigenvalue weighted by Crippen LogP contribution is 2.29. The number of benzene rings is 1. The molecule has 2 N–H and O–H groups in total. The molecule has 0 aliphatic carbocycles. The lowest BCUT2D eigenvalue weighted by Crippen LogP contribution is -2.19. The van der Waals surface area contributed by atoms with Gasteiger partial charge in [0.2, 0.25) is 0 Å². The molecule has 4 nitrogen and oxygen atoms in total. The Bertz CT molecular complexity index is 586. The van der Waals surface area contributed by atoms with Gasteiger partial charge < -0.3 is 5.73 Å². The van der Waals surface area contributed by atoms with E-state index in [2.05, 4.69) is 26.2 Å². The first-order chi connectivity index (χ1) is 8.30. The van der Waals surface area contributed by atoms with Gasteiger partial charge >= 0.3 is 0 Å². The van der Waals surface area contributed by atoms with Crippen LogP contribution in [0.25, 0.3) is 5.69 Å². The van der Waals surface area contributed by atoms with Crippen LogP contribution >= 0.6 is 15.9 Å². The van der Waals surface area contributed by atoms with Gasteiger partial charge in [0.05, 0.1) is 5.69 Å². The summed E-state index contributed by atoms with van der Waals surface area (Å²) in [7, 11) is 0. The highest BCUT2D eigenvalue weighted by Gasteiger charge is 2.26. The van der Waals surface area contributed by atoms with Gasteiger partial charge in [-0.2, -0.15) is 0 Å². The SMILES string of the molecule is CC(C)(C)c1c(N)nnn1-c1cc(Br)ccc1F. The first-order valence-corrected chi connectivity index (χ1v) is 6.27. The maximum absolute atomic E-state index is 13.9. The van der Waals surface area contributed by atoms with Crippen molar-refractivity contribution in [2.75, 3.05) is 5.73 Å². The fourth-order valence-corrected chi connectivity index (χ4v) is 2.16. The molecule has 96 valence electrons. The third kappa shape index (κ3) is 2.25. The van der Waals surface area contributed by atoms with Gasteiger partial charge in [0, 0.05) is 9.89 Å². The van der Waals surface area contributed by atoms with Crippen molar-refractivity contribution in [2.24, 2.45) is 0 Å². The van der Waals surface area contributed by atoms with Crippen molar-refractivity contribution >= 4 is 21.7 Å². The predicted octanol–water partition coefficient (Wildman–Crippen LogP) is 3.05. The largest absolute Gasteiger partial charge is 0.381 e. The third-order valence-corrected chi connectivity index (χ3v) is 3.04. The van der Waals surface area contributed by atoms with Crippen LogP contribution < -0.4 is 5.73 Å². The molecule has 0 aliphatic heterocycles. The van der Waals surface area contributed by atoms with Gasteiger partial charge in [0.15, 0.2) is 5.82 Å². The lowest BCUT2D eigenvalue weighted by Gasteiger charge is -2.20. The van der Waals surface area contributed by atoms with E-state index < -0.39 is 0 Å². The summed E-state index contributed by atoms with van der Waals surface area (Å²) in [6.45, 7) is 5.94. The Labute approximate surface area is 113 Å². The summed E-state index contributed by atoms with van der Waals surface area (Å²) in [5, 5.41) is 7.77. The highest BCUT2D eigenvalue weighted by atomic mass is 79.9. The molecule has 0 aliphatic rings. The first kappa shape index (κ1) is 13.0. The zero-order valence-electron chi connectivity index (χ0n) is 10.4. The maximum atomic E-state index is 13.9. The molecule has 0 radical (unpaired) electrons. The van der Waals surface area contributed by atoms with Crippen molar-refractivity contribution in [1.29, 1.82) is 0 Å². The minimum Gasteiger partial charge on any atom is -0.381 e. The van der Waals surface area contributed by atoms with Crippen LogP contribution in [-0.4, -0.2) is 15.0 Å². The Morgan fingerprint density at radius 2 is 2.00 bits per heavy atom. The lowest BCUT2D eigenvalue weighted by atomic mass is 9.91. The van der Waals surface area contributed by atoms with Crippen molar-refractivity contribution in [3.63, 3.8) is 0 Å². The van der Waals surface area contributed by atoms with E-state index in [-0.39, 0.29) is 11.2 Å². The van der Waals surface area contributed by atoms with Crippen molar-refractivity contribution in [1.82, 2.24) is 15.0 Å². The summed E-state index contributed by atoms with van der Waals surface area (Å²) in [6, 6.07) is 4.66. The number of hydrogen-bond acceptors (Lipinski definition) is 3. The van der Waals surface area contributed by atoms with Crippen LogP contribution in [-0.2, 0) is 5.41 Å². The summed E-state index contributed by atoms with van der Waals surface area (Å²) in [6.07, 6.45) is 0. The van der Waals surface area contributed by atoms with Crippen LogP contribution in [0, 0.1) is 5.82 Å². The van der Waals surface area contributed by atoms with E-state index >= 15 is 0 Å². The van der Waals surface area contributed by atoms with Crippen LogP contribution in [0.4, 0.5) is 10.2 Å². The summed E-state index contributed by atoms with van der Waals surface area (Å²) >= 11 is 3.32. The van der Waals surface area contributed by atoms with E-state index in [9.17, 15) is 4.39 Å². The molecule has 1 aromatic heterocycles. The molecule has 0 atom stereocenters. The van der Waals surface area contributed by atoms with Gasteiger partial charge in [-0.15, -0.1) is 5.10 Å². The number of nitrogen functional groups attached to an aromatic ring is 1. The monoisotopic (exact) mass is 312 g/mol. The second-order valence-electron chi connectivity index (χ2n) is 5.08. The quantitative estimate of drug-likeness (QED) is 0.880. The molecule has 0 spiro atoms. The minimum atomic E-state index is -0.367. The highest BCUT2D eigenvalue weighted by molar-refractivity contribution is 9.10. The van der Waals surface area contributed by atoms with Gasteiger partial charge in [-0.1, -0.05) is 41.9 Å². The topological polar surface area (TPSA) is 56.7 Å². The van der Waals surface area contributed by atoms with E-state index in [1.807, 2.05) is 20.8 Å². The second kappa shape index (κ2) is 4.35. The average Bonchev–Trinajstić information content (AvgIpc) is 2.63. The molecule has 1 aromatic carbocycles. The van der Waals surface area contributed by atoms with Crippen LogP contribution in [0.15, 0.2) is 22.7 Å². The fourth-order valence-electron chi connectivity index (χ4n) is 1.81. The molecular weight excluding hydrogens is 299 g/mol. The predicted molar refractivity (Wildman–Crippen MR) is 72.1 cm³/mol. The second-order valence-corrected chi connectivity index (χ2v) is 6.00. The Morgan fingerprint density at radius 3 is 2.61 bits per heavy atom. The standard InChI is InChI=1S/C12H14BrFN4/c1-12(2,3)10-11(15)16-17-18(10)9-6-7(13)4-5-8(9)14/h4-6H,15H2,1-3H3. The van der Waals surface area contributed by atoms with Crippen LogP contribution in [0.3, 0.4) is 0 Å². The summed E-state index contributed by atoms with van der Waals surface area (Å²) in [4.78, 5) is 0. The molecule has 0 fully saturated rings. The number of aromatic nitrogens is 3. The van der Waals surface area contributed by atoms with Crippen LogP contribution in [0.2, 0.25) is 0 Å². The summed E-state index contributed by atoms with van der Waals surface area (Å²) in [5.41, 5.74) is 6.57. The minimum absolute atomic E-state index is 0.275. The van der Waals surface area contributed by atoms with Gasteiger partial charge in [-0.05, 0) is 18.2 Å². The van der Waals surface area contributed by atoms with Gasteiger partial charge in [0.1, 0.15) is 11.5 Å². The van der Waals surface area contributed by atoms with Crippen molar-refractivity contribution < 1.29 is 4.39 Å². The smallest absolute Gasteiger partial charge is 0.170 e. The van der Waals surface area contributed by atoms with E-state index in [0.29, 0.717) is 17.2 Å². The summed E-state index contributed by atoms with van der Waals surface area (Å²) < 4.78 is 16.1. The van der Waals surface area contributed by atoms with E-state index in [4.69, 9.17) is 5.73 Å². The molecule has 18 heavy (non-hydrogen) atoms. The molecule has 6 heteroatoms. The normalized spacial score (nSPS) is 11.8. The molecule has 0 saturated heterocycles. The zero-order valence-corrected chi connectivity index (χ0v) is 12.0. The third-order valence-electron chi connectivity index (χ3n) is 2.54. The van der Waals surface area contributed by atoms with Crippen molar-refractivity contribution in [3.05, 3.63) is 34.2 Å². The Hall–Kier alpha value is -1.43. The maximum Gasteiger partial charge on any atom is 0.170 e. The number of nitrogens with two attached hydrogens (primary N) is 1. The van der Waals surface area contributed by atoms with Crippen molar-refractivity contribution in [3.8, 4) is 5.69 Å². The molecule has 0 bridgehead atoms. The fraction of sp³-hybridized carbons (Fsp3) is 0.333. The van der Waals surface area contributed by atoms with E-state index in [1.165, 1.54) is 10.7 Å². The Kier molecular flexibility index (Phi) is 3.14. The number of nitrogens with zero attached hydrogens (tertiary/aromatic N) is 3. The molecule has 2 aromatic rings. The molecule has 1 heterocycles. The van der Waals surface area contributed by atoms with Crippen LogP contribution in [0.5, 0.6) is 0 Å². The number of hydrogen-bond donors (Lipinski definition) is 1. The lowest BCUT2D eigenvalue weighted by molar-refractivity contribution is 0.532. The van der Waals surface area contributed by atoms with Gasteiger partial charge in [0.25, 0.3) is 0 Å². The van der Waals surface area contributed by atoms with E-state index in [0.717, 1.165) is 4.47 Å². The van der Waals surface area contributed by atoms with E-state index in [1.54, 1.807) is 12.1 Å². The van der Waals surface area contributed by atoms with Crippen LogP contribution in [0.1, 0.15) is 26.5 Å². The zero-order chi connectivity index (χ0) is 13.5. The molecular formula is C12H14BrFN4. The van der Waals surface area contributed by atoms with Gasteiger partial charge in [-0.3, -0.25) is 0 Å². The number of halogens is 2. The van der Waals surface area contributed by atoms with Crippen molar-refractivity contribution in [2.45, 2.75) is 26.2 Å². The molecule has 2 rings (SSSR count).